The molecule has 3 radical (unpaired) electrons. The molecule has 0 aliphatic heterocycles. The van der Waals surface area contributed by atoms with Gasteiger partial charge in [0.15, 0.2) is 18.9 Å². The van der Waals surface area contributed by atoms with Crippen molar-refractivity contribution in [3.63, 3.8) is 0 Å². The van der Waals surface area contributed by atoms with Crippen molar-refractivity contribution in [3.8, 4) is 0 Å². The normalized spacial score (nSPS) is 9.92. The van der Waals surface area contributed by atoms with E-state index in [2.05, 4.69) is 39.5 Å². The van der Waals surface area contributed by atoms with Gasteiger partial charge in [0.1, 0.15) is 0 Å². The number of thiophene rings is 5. The van der Waals surface area contributed by atoms with Crippen LogP contribution in [0.2, 0.25) is 25.1 Å². The van der Waals surface area contributed by atoms with E-state index in [1.54, 1.807) is 42.3 Å². The summed E-state index contributed by atoms with van der Waals surface area (Å²) in [6.07, 6.45) is 5.68. The molecule has 23 heteroatoms. The van der Waals surface area contributed by atoms with Gasteiger partial charge in [0, 0.05) is 86.4 Å². The SMILES string of the molecule is CCOCC.COCc1sc(C=O)cc1Cc1cccc(Cl)c1.COCc1sccc1Cc1cccc(Cl)c1.Clc1cccc(CBr)c1.O=Cc1sccc1B(O)O.O=Cc1sccc1Cc1cccc(Cl)c1.OCc1sccc1Cc1cccc(Cl)c1.[B].[H-].[Na+]. The minimum atomic E-state index is -1.54. The summed E-state index contributed by atoms with van der Waals surface area (Å²) in [6, 6.07) is 48.7. The molecule has 469 valence electrons. The van der Waals surface area contributed by atoms with E-state index in [0.717, 1.165) is 124 Å². The van der Waals surface area contributed by atoms with E-state index in [9.17, 15) is 14.4 Å². The molecule has 0 aliphatic rings. The topological polar surface area (TPSA) is 140 Å². The number of ether oxygens (including phenoxy) is 3. The molecule has 5 aromatic heterocycles. The second-order valence-corrected chi connectivity index (χ2v) is 26.2. The van der Waals surface area contributed by atoms with Crippen molar-refractivity contribution in [3.05, 3.63) is 278 Å². The Morgan fingerprint density at radius 2 is 0.867 bits per heavy atom. The Hall–Kier alpha value is -3.57. The van der Waals surface area contributed by atoms with Gasteiger partial charge in [0.2, 0.25) is 0 Å². The number of hydrogen-bond donors (Lipinski definition) is 3. The minimum absolute atomic E-state index is 0. The standard InChI is InChI=1S/C14H13ClO2S.C13H13ClOS.C12H11ClOS.C12H9ClOS.C7H6BrCl.C5H5BO3S.C4H10O.B.Na.H/c1-17-9-14-11(7-13(8-16)18-14)5-10-3-2-4-12(15)6-10;1-15-9-13-11(5-6-16-13)7-10-3-2-4-12(14)8-10;2*13-11-3-1-2-9(7-11)6-10-4-5-15-12(10)8-14;8-5-6-2-1-3-7(9)4-6;7-3-5-4(6(8)9)1-2-10-5;1-3-5-4-2;;;/h2-4,6-8H,5,9H2,1H3;2-6,8H,7,9H2,1H3;1-5,7,14H,6,8H2;1-5,7-8H,6H2;1-4H,5H2;1-3,8-9H;3-4H2,1-2H3;;;/q;;;;;;;;+1;-1. The molecule has 10 aromatic rings. The first-order valence-electron chi connectivity index (χ1n) is 27.1. The maximum Gasteiger partial charge on any atom is 1.00 e. The molecule has 0 saturated carbocycles. The molecule has 5 heterocycles. The summed E-state index contributed by atoms with van der Waals surface area (Å²) < 4.78 is 15.2. The molecule has 0 fully saturated rings. The molecule has 90 heavy (non-hydrogen) atoms. The summed E-state index contributed by atoms with van der Waals surface area (Å²) in [7, 11) is 1.85. The van der Waals surface area contributed by atoms with Crippen molar-refractivity contribution in [1.82, 2.24) is 0 Å². The van der Waals surface area contributed by atoms with Gasteiger partial charge in [-0.2, -0.15) is 0 Å². The van der Waals surface area contributed by atoms with Gasteiger partial charge in [-0.15, -0.1) is 56.7 Å². The van der Waals surface area contributed by atoms with Gasteiger partial charge in [-0.3, -0.25) is 14.4 Å². The first-order chi connectivity index (χ1) is 42.6. The largest absolute Gasteiger partial charge is 1.00 e. The summed E-state index contributed by atoms with van der Waals surface area (Å²) >= 11 is 40.2. The van der Waals surface area contributed by atoms with Crippen LogP contribution in [0.3, 0.4) is 0 Å². The summed E-state index contributed by atoms with van der Waals surface area (Å²) in [5, 5.41) is 38.7. The van der Waals surface area contributed by atoms with Crippen LogP contribution in [0.1, 0.15) is 109 Å². The number of methoxy groups -OCH3 is 2. The number of carbonyl (C=O) groups is 3. The third kappa shape index (κ3) is 31.6. The fourth-order valence-corrected chi connectivity index (χ4v) is 13.4. The van der Waals surface area contributed by atoms with Crippen molar-refractivity contribution >= 4 is 170 Å². The molecule has 0 atom stereocenters. The second-order valence-electron chi connectivity index (χ2n) is 18.4. The van der Waals surface area contributed by atoms with Gasteiger partial charge in [-0.05, 0) is 196 Å². The number of hydrogen-bond acceptors (Lipinski definition) is 14. The van der Waals surface area contributed by atoms with Crippen molar-refractivity contribution in [2.24, 2.45) is 0 Å². The first-order valence-corrected chi connectivity index (χ1v) is 34.5. The van der Waals surface area contributed by atoms with E-state index in [4.69, 9.17) is 87.4 Å². The fourth-order valence-electron chi connectivity index (χ4n) is 7.92. The number of aliphatic hydroxyl groups is 1. The van der Waals surface area contributed by atoms with Crippen LogP contribution in [0.4, 0.5) is 0 Å². The quantitative estimate of drug-likeness (QED) is 0.0387. The van der Waals surface area contributed by atoms with Crippen LogP contribution in [0.5, 0.6) is 0 Å². The summed E-state index contributed by atoms with van der Waals surface area (Å²) in [5.74, 6) is 0. The molecular weight excluding hydrogens is 1410 g/mol. The van der Waals surface area contributed by atoms with E-state index < -0.39 is 7.12 Å². The van der Waals surface area contributed by atoms with Gasteiger partial charge in [0.05, 0.1) is 34.5 Å². The molecule has 0 unspecified atom stereocenters. The maximum atomic E-state index is 10.8. The van der Waals surface area contributed by atoms with Crippen LogP contribution in [0.15, 0.2) is 173 Å². The first kappa shape index (κ1) is 82.5. The maximum absolute atomic E-state index is 10.8. The predicted molar refractivity (Wildman–Crippen MR) is 385 cm³/mol. The smallest absolute Gasteiger partial charge is 1.00 e. The van der Waals surface area contributed by atoms with E-state index in [0.29, 0.717) is 24.4 Å². The predicted octanol–water partition coefficient (Wildman–Crippen LogP) is 15.6. The second kappa shape index (κ2) is 48.2. The van der Waals surface area contributed by atoms with Crippen molar-refractivity contribution in [2.75, 3.05) is 27.4 Å². The molecule has 5 aromatic carbocycles. The van der Waals surface area contributed by atoms with Gasteiger partial charge in [-0.1, -0.05) is 141 Å². The van der Waals surface area contributed by atoms with E-state index in [1.807, 2.05) is 152 Å². The van der Waals surface area contributed by atoms with Gasteiger partial charge in [-0.25, -0.2) is 0 Å². The van der Waals surface area contributed by atoms with E-state index in [1.165, 1.54) is 72.8 Å². The van der Waals surface area contributed by atoms with Crippen LogP contribution < -0.4 is 35.0 Å². The number of carbonyl (C=O) groups excluding carboxylic acids is 3. The number of aliphatic hydroxyl groups excluding tert-OH is 1. The Morgan fingerprint density at radius 3 is 1.24 bits per heavy atom. The Morgan fingerprint density at radius 1 is 0.489 bits per heavy atom. The van der Waals surface area contributed by atoms with E-state index >= 15 is 0 Å². The zero-order valence-corrected chi connectivity index (χ0v) is 61.7. The Labute approximate surface area is 608 Å². The monoisotopic (exact) mass is 1480 g/mol. The Balaban J connectivity index is 0.000000540. The summed E-state index contributed by atoms with van der Waals surface area (Å²) in [6.45, 7) is 7.01. The van der Waals surface area contributed by atoms with Gasteiger partial charge < -0.3 is 30.8 Å². The number of benzene rings is 5. The average Bonchev–Trinajstić information content (AvgIpc) is 3.96. The number of rotatable bonds is 20. The third-order valence-electron chi connectivity index (χ3n) is 12.0. The number of aldehydes is 3. The fraction of sp³-hybridized carbons (Fsp3) is 0.209. The van der Waals surface area contributed by atoms with Crippen molar-refractivity contribution < 1.29 is 74.7 Å². The van der Waals surface area contributed by atoms with Gasteiger partial charge >= 0.3 is 36.7 Å². The third-order valence-corrected chi connectivity index (χ3v) is 18.5. The zero-order chi connectivity index (χ0) is 64.1. The molecule has 0 spiro atoms. The zero-order valence-electron chi connectivity index (χ0n) is 51.3. The minimum Gasteiger partial charge on any atom is -1.00 e. The van der Waals surface area contributed by atoms with Crippen LogP contribution in [-0.2, 0) is 65.0 Å². The van der Waals surface area contributed by atoms with E-state index in [-0.39, 0.29) is 51.5 Å². The Bertz CT molecular complexity index is 3620. The molecule has 0 bridgehead atoms. The molecule has 10 rings (SSSR count). The molecule has 0 saturated heterocycles. The van der Waals surface area contributed by atoms with Crippen LogP contribution >= 0.6 is 131 Å². The van der Waals surface area contributed by atoms with Crippen LogP contribution in [0, 0.1) is 0 Å². The molecule has 0 amide bonds. The molecular formula is C67H68B2BrCl5NaO9S5. The molecule has 0 aliphatic carbocycles. The van der Waals surface area contributed by atoms with Crippen molar-refractivity contribution in [1.29, 1.82) is 0 Å². The molecule has 3 N–H and O–H groups in total. The van der Waals surface area contributed by atoms with Gasteiger partial charge in [0.25, 0.3) is 0 Å². The summed E-state index contributed by atoms with van der Waals surface area (Å²) in [5.41, 5.74) is 10.9. The molecule has 9 nitrogen and oxygen atoms in total. The Kier molecular flexibility index (Phi) is 44.2. The number of halogens is 6. The van der Waals surface area contributed by atoms with Crippen molar-refractivity contribution in [2.45, 2.75) is 64.7 Å². The van der Waals surface area contributed by atoms with Crippen LogP contribution in [0.25, 0.3) is 0 Å². The summed E-state index contributed by atoms with van der Waals surface area (Å²) in [4.78, 5) is 37.1. The van der Waals surface area contributed by atoms with Crippen LogP contribution in [-0.4, -0.2) is 77.0 Å². The number of alkyl halides is 1. The average molecular weight is 1480 g/mol.